The summed E-state index contributed by atoms with van der Waals surface area (Å²) in [5.74, 6) is 0.992. The molecule has 1 heterocycles. The summed E-state index contributed by atoms with van der Waals surface area (Å²) < 4.78 is 5.36. The normalized spacial score (nSPS) is 21.2. The first-order chi connectivity index (χ1) is 6.86. The number of methoxy groups -OCH3 is 1. The van der Waals surface area contributed by atoms with E-state index >= 15 is 0 Å². The summed E-state index contributed by atoms with van der Waals surface area (Å²) in [6.07, 6.45) is 4.04. The predicted molar refractivity (Wildman–Crippen MR) is 57.0 cm³/mol. The third-order valence-corrected chi connectivity index (χ3v) is 3.73. The van der Waals surface area contributed by atoms with Gasteiger partial charge in [0.25, 0.3) is 0 Å². The molecule has 2 nitrogen and oxygen atoms in total. The van der Waals surface area contributed by atoms with Crippen molar-refractivity contribution >= 4 is 5.69 Å². The lowest BCUT2D eigenvalue weighted by Crippen LogP contribution is -2.35. The van der Waals surface area contributed by atoms with Gasteiger partial charge in [-0.3, -0.25) is 0 Å². The fraction of sp³-hybridized carbons (Fsp3) is 0.500. The van der Waals surface area contributed by atoms with Crippen LogP contribution in [0.4, 0.5) is 5.69 Å². The van der Waals surface area contributed by atoms with Crippen molar-refractivity contribution in [3.05, 3.63) is 23.8 Å². The quantitative estimate of drug-likeness (QED) is 0.733. The molecule has 0 saturated heterocycles. The fourth-order valence-corrected chi connectivity index (χ4v) is 2.73. The average molecular weight is 189 g/mol. The van der Waals surface area contributed by atoms with Crippen LogP contribution >= 0.6 is 0 Å². The van der Waals surface area contributed by atoms with Crippen molar-refractivity contribution in [3.63, 3.8) is 0 Å². The third-order valence-electron chi connectivity index (χ3n) is 3.73. The van der Waals surface area contributed by atoms with E-state index in [-0.39, 0.29) is 0 Å². The largest absolute Gasteiger partial charge is 0.495 e. The van der Waals surface area contributed by atoms with Crippen molar-refractivity contribution in [2.24, 2.45) is 0 Å². The maximum absolute atomic E-state index is 5.36. The molecule has 1 aliphatic carbocycles. The topological polar surface area (TPSA) is 21.3 Å². The molecule has 2 heteroatoms. The monoisotopic (exact) mass is 189 g/mol. The Balaban J connectivity index is 2.11. The summed E-state index contributed by atoms with van der Waals surface area (Å²) in [7, 11) is 1.74. The number of hydrogen-bond donors (Lipinski definition) is 1. The van der Waals surface area contributed by atoms with E-state index in [1.54, 1.807) is 7.11 Å². The van der Waals surface area contributed by atoms with E-state index in [1.165, 1.54) is 30.5 Å². The van der Waals surface area contributed by atoms with E-state index in [2.05, 4.69) is 17.4 Å². The van der Waals surface area contributed by atoms with Crippen molar-refractivity contribution in [1.82, 2.24) is 0 Å². The van der Waals surface area contributed by atoms with Crippen LogP contribution in [0.25, 0.3) is 0 Å². The van der Waals surface area contributed by atoms with Gasteiger partial charge in [-0.15, -0.1) is 0 Å². The van der Waals surface area contributed by atoms with Crippen LogP contribution in [0.2, 0.25) is 0 Å². The second kappa shape index (κ2) is 2.66. The van der Waals surface area contributed by atoms with Crippen LogP contribution in [0.5, 0.6) is 5.75 Å². The molecule has 1 N–H and O–H groups in total. The van der Waals surface area contributed by atoms with E-state index in [4.69, 9.17) is 4.74 Å². The molecule has 1 aromatic carbocycles. The van der Waals surface area contributed by atoms with Crippen LogP contribution in [0, 0.1) is 0 Å². The number of para-hydroxylation sites is 1. The molecule has 1 fully saturated rings. The maximum Gasteiger partial charge on any atom is 0.142 e. The first-order valence-corrected chi connectivity index (χ1v) is 5.27. The molecule has 0 radical (unpaired) electrons. The number of anilines is 1. The van der Waals surface area contributed by atoms with Crippen molar-refractivity contribution in [2.45, 2.75) is 24.7 Å². The van der Waals surface area contributed by atoms with Crippen molar-refractivity contribution in [2.75, 3.05) is 19.0 Å². The van der Waals surface area contributed by atoms with Gasteiger partial charge in [0.2, 0.25) is 0 Å². The second-order valence-electron chi connectivity index (χ2n) is 4.37. The van der Waals surface area contributed by atoms with Crippen molar-refractivity contribution in [3.8, 4) is 5.75 Å². The Morgan fingerprint density at radius 1 is 1.36 bits per heavy atom. The maximum atomic E-state index is 5.36. The molecular weight excluding hydrogens is 174 g/mol. The molecular formula is C12H15NO. The standard InChI is InChI=1S/C12H15NO/c1-14-10-5-2-4-9-11(10)13-8-12(9)6-3-7-12/h2,4-5,13H,3,6-8H2,1H3. The molecule has 1 spiro atoms. The van der Waals surface area contributed by atoms with Gasteiger partial charge in [-0.1, -0.05) is 18.6 Å². The van der Waals surface area contributed by atoms with Gasteiger partial charge in [0, 0.05) is 12.0 Å². The molecule has 1 saturated carbocycles. The Morgan fingerprint density at radius 3 is 2.86 bits per heavy atom. The van der Waals surface area contributed by atoms with E-state index in [1.807, 2.05) is 6.07 Å². The van der Waals surface area contributed by atoms with Gasteiger partial charge in [0.15, 0.2) is 0 Å². The summed E-state index contributed by atoms with van der Waals surface area (Å²) in [4.78, 5) is 0. The number of benzene rings is 1. The molecule has 0 bridgehead atoms. The number of hydrogen-bond acceptors (Lipinski definition) is 2. The van der Waals surface area contributed by atoms with Crippen LogP contribution in [0.3, 0.4) is 0 Å². The van der Waals surface area contributed by atoms with E-state index in [0.29, 0.717) is 5.41 Å². The Hall–Kier alpha value is -1.18. The smallest absolute Gasteiger partial charge is 0.142 e. The van der Waals surface area contributed by atoms with Gasteiger partial charge in [-0.25, -0.2) is 0 Å². The summed E-state index contributed by atoms with van der Waals surface area (Å²) in [6.45, 7) is 1.10. The molecule has 3 rings (SSSR count). The average Bonchev–Trinajstić information content (AvgIpc) is 2.55. The minimum Gasteiger partial charge on any atom is -0.495 e. The van der Waals surface area contributed by atoms with E-state index in [9.17, 15) is 0 Å². The highest BCUT2D eigenvalue weighted by Crippen LogP contribution is 2.52. The summed E-state index contributed by atoms with van der Waals surface area (Å²) in [5.41, 5.74) is 3.15. The minimum atomic E-state index is 0.448. The highest BCUT2D eigenvalue weighted by molar-refractivity contribution is 5.69. The van der Waals surface area contributed by atoms with E-state index < -0.39 is 0 Å². The zero-order chi connectivity index (χ0) is 9.60. The zero-order valence-electron chi connectivity index (χ0n) is 8.47. The molecule has 1 aromatic rings. The van der Waals surface area contributed by atoms with Gasteiger partial charge in [-0.2, -0.15) is 0 Å². The first kappa shape index (κ1) is 8.16. The number of nitrogens with one attached hydrogen (secondary N) is 1. The lowest BCUT2D eigenvalue weighted by atomic mass is 9.66. The lowest BCUT2D eigenvalue weighted by Gasteiger charge is -2.38. The van der Waals surface area contributed by atoms with Crippen molar-refractivity contribution in [1.29, 1.82) is 0 Å². The molecule has 14 heavy (non-hydrogen) atoms. The highest BCUT2D eigenvalue weighted by atomic mass is 16.5. The Morgan fingerprint density at radius 2 is 2.21 bits per heavy atom. The van der Waals surface area contributed by atoms with Crippen LogP contribution in [-0.4, -0.2) is 13.7 Å². The number of rotatable bonds is 1. The van der Waals surface area contributed by atoms with Gasteiger partial charge >= 0.3 is 0 Å². The van der Waals surface area contributed by atoms with Crippen LogP contribution in [0.1, 0.15) is 24.8 Å². The molecule has 0 unspecified atom stereocenters. The fourth-order valence-electron chi connectivity index (χ4n) is 2.73. The molecule has 0 aromatic heterocycles. The lowest BCUT2D eigenvalue weighted by molar-refractivity contribution is 0.272. The van der Waals surface area contributed by atoms with Gasteiger partial charge in [0.1, 0.15) is 5.75 Å². The number of fused-ring (bicyclic) bond motifs is 2. The van der Waals surface area contributed by atoms with Gasteiger partial charge in [0.05, 0.1) is 12.8 Å². The highest BCUT2D eigenvalue weighted by Gasteiger charge is 2.44. The summed E-state index contributed by atoms with van der Waals surface area (Å²) >= 11 is 0. The SMILES string of the molecule is COc1cccc2c1NCC21CCC1. The molecule has 2 aliphatic rings. The van der Waals surface area contributed by atoms with Crippen LogP contribution in [0.15, 0.2) is 18.2 Å². The number of ether oxygens (including phenoxy) is 1. The Labute approximate surface area is 84.3 Å². The summed E-state index contributed by atoms with van der Waals surface area (Å²) in [6, 6.07) is 6.38. The van der Waals surface area contributed by atoms with Crippen LogP contribution < -0.4 is 10.1 Å². The third kappa shape index (κ3) is 0.861. The summed E-state index contributed by atoms with van der Waals surface area (Å²) in [5, 5.41) is 3.49. The van der Waals surface area contributed by atoms with E-state index in [0.717, 1.165) is 12.3 Å². The van der Waals surface area contributed by atoms with Crippen LogP contribution in [-0.2, 0) is 5.41 Å². The second-order valence-corrected chi connectivity index (χ2v) is 4.37. The molecule has 1 aliphatic heterocycles. The Bertz CT molecular complexity index is 369. The Kier molecular flexibility index (Phi) is 1.55. The van der Waals surface area contributed by atoms with Crippen molar-refractivity contribution < 1.29 is 4.74 Å². The molecule has 74 valence electrons. The predicted octanol–water partition coefficient (Wildman–Crippen LogP) is 2.54. The molecule has 0 amide bonds. The minimum absolute atomic E-state index is 0.448. The molecule has 0 atom stereocenters. The van der Waals surface area contributed by atoms with Gasteiger partial charge < -0.3 is 10.1 Å². The first-order valence-electron chi connectivity index (χ1n) is 5.27. The van der Waals surface area contributed by atoms with Gasteiger partial charge in [-0.05, 0) is 24.5 Å². The zero-order valence-corrected chi connectivity index (χ0v) is 8.47.